The highest BCUT2D eigenvalue weighted by molar-refractivity contribution is 8.00. The van der Waals surface area contributed by atoms with Crippen molar-refractivity contribution >= 4 is 39.2 Å². The molecular weight excluding hydrogens is 378 g/mol. The smallest absolute Gasteiger partial charge is 0.230 e. The van der Waals surface area contributed by atoms with Crippen LogP contribution in [-0.4, -0.2) is 28.7 Å². The van der Waals surface area contributed by atoms with Crippen LogP contribution in [0.15, 0.2) is 35.6 Å². The number of rotatable bonds is 6. The third-order valence-corrected chi connectivity index (χ3v) is 6.87. The molecule has 1 aliphatic carbocycles. The molecule has 1 aliphatic rings. The molecule has 7 heteroatoms. The molecule has 1 amide bonds. The minimum absolute atomic E-state index is 0.00122. The van der Waals surface area contributed by atoms with E-state index < -0.39 is 0 Å². The second-order valence-corrected chi connectivity index (χ2v) is 8.53. The number of benzene rings is 1. The van der Waals surface area contributed by atoms with E-state index in [1.54, 1.807) is 24.8 Å². The number of nitrogens with one attached hydrogen (secondary N) is 1. The number of methoxy groups -OCH3 is 1. The van der Waals surface area contributed by atoms with Crippen molar-refractivity contribution in [2.75, 3.05) is 12.9 Å². The molecule has 1 aromatic carbocycles. The Labute approximate surface area is 166 Å². The Morgan fingerprint density at radius 2 is 2.19 bits per heavy atom. The van der Waals surface area contributed by atoms with Crippen molar-refractivity contribution in [3.8, 4) is 5.75 Å². The van der Waals surface area contributed by atoms with Gasteiger partial charge in [0.1, 0.15) is 21.9 Å². The second-order valence-electron chi connectivity index (χ2n) is 6.49. The van der Waals surface area contributed by atoms with Crippen molar-refractivity contribution in [2.24, 2.45) is 0 Å². The van der Waals surface area contributed by atoms with Gasteiger partial charge in [-0.2, -0.15) is 0 Å². The maximum absolute atomic E-state index is 12.3. The normalized spacial score (nSPS) is 13.4. The number of nitrogens with zero attached hydrogens (tertiary/aromatic N) is 2. The molecule has 0 radical (unpaired) electrons. The summed E-state index contributed by atoms with van der Waals surface area (Å²) >= 11 is 3.28. The quantitative estimate of drug-likeness (QED) is 0.502. The van der Waals surface area contributed by atoms with Crippen molar-refractivity contribution in [1.29, 1.82) is 0 Å². The Balaban J connectivity index is 1.41. The molecule has 0 atom stereocenters. The Bertz CT molecular complexity index is 971. The standard InChI is InChI=1S/C20H21N3O2S2/c1-25-14-6-4-5-13(9-14)10-21-17(24)11-26-19-18-15-7-2-3-8-16(15)27-20(18)23-12-22-19/h4-6,9,12H,2-3,7-8,10-11H2,1H3,(H,21,24). The topological polar surface area (TPSA) is 64.1 Å². The van der Waals surface area contributed by atoms with E-state index in [1.165, 1.54) is 40.4 Å². The lowest BCUT2D eigenvalue weighted by Gasteiger charge is -2.11. The first-order chi connectivity index (χ1) is 13.2. The van der Waals surface area contributed by atoms with Crippen molar-refractivity contribution in [1.82, 2.24) is 15.3 Å². The molecule has 27 heavy (non-hydrogen) atoms. The molecule has 0 spiro atoms. The highest BCUT2D eigenvalue weighted by Crippen LogP contribution is 2.39. The Morgan fingerprint density at radius 3 is 3.07 bits per heavy atom. The highest BCUT2D eigenvalue weighted by Gasteiger charge is 2.20. The van der Waals surface area contributed by atoms with E-state index in [4.69, 9.17) is 4.74 Å². The van der Waals surface area contributed by atoms with E-state index >= 15 is 0 Å². The lowest BCUT2D eigenvalue weighted by Crippen LogP contribution is -2.24. The van der Waals surface area contributed by atoms with Crippen molar-refractivity contribution in [3.63, 3.8) is 0 Å². The van der Waals surface area contributed by atoms with Crippen LogP contribution in [0.25, 0.3) is 10.2 Å². The van der Waals surface area contributed by atoms with Gasteiger partial charge < -0.3 is 10.1 Å². The first-order valence-corrected chi connectivity index (χ1v) is 10.8. The number of carbonyl (C=O) groups excluding carboxylic acids is 1. The minimum atomic E-state index is -0.00122. The number of carbonyl (C=O) groups is 1. The van der Waals surface area contributed by atoms with Crippen molar-refractivity contribution in [2.45, 2.75) is 37.3 Å². The molecule has 2 aromatic heterocycles. The number of aryl methyl sites for hydroxylation is 2. The molecular formula is C20H21N3O2S2. The van der Waals surface area contributed by atoms with Crippen LogP contribution in [0.1, 0.15) is 28.8 Å². The van der Waals surface area contributed by atoms with E-state index in [9.17, 15) is 4.79 Å². The van der Waals surface area contributed by atoms with Gasteiger partial charge in [-0.25, -0.2) is 9.97 Å². The molecule has 5 nitrogen and oxygen atoms in total. The van der Waals surface area contributed by atoms with E-state index in [1.807, 2.05) is 24.3 Å². The number of thiophene rings is 1. The first kappa shape index (κ1) is 18.3. The summed E-state index contributed by atoms with van der Waals surface area (Å²) in [5.74, 6) is 1.14. The van der Waals surface area contributed by atoms with Crippen molar-refractivity contribution < 1.29 is 9.53 Å². The summed E-state index contributed by atoms with van der Waals surface area (Å²) in [6.07, 6.45) is 6.32. The molecule has 140 valence electrons. The summed E-state index contributed by atoms with van der Waals surface area (Å²) in [4.78, 5) is 23.7. The van der Waals surface area contributed by atoms with Gasteiger partial charge in [-0.05, 0) is 48.9 Å². The molecule has 1 N–H and O–H groups in total. The number of fused-ring (bicyclic) bond motifs is 3. The molecule has 0 fully saturated rings. The molecule has 0 saturated heterocycles. The van der Waals surface area contributed by atoms with E-state index in [0.717, 1.165) is 34.0 Å². The number of aromatic nitrogens is 2. The van der Waals surface area contributed by atoms with Gasteiger partial charge in [-0.3, -0.25) is 4.79 Å². The highest BCUT2D eigenvalue weighted by atomic mass is 32.2. The maximum atomic E-state index is 12.3. The zero-order chi connectivity index (χ0) is 18.6. The number of hydrogen-bond acceptors (Lipinski definition) is 6. The monoisotopic (exact) mass is 399 g/mol. The van der Waals surface area contributed by atoms with Gasteiger partial charge in [0.2, 0.25) is 5.91 Å². The largest absolute Gasteiger partial charge is 0.497 e. The van der Waals surface area contributed by atoms with Crippen LogP contribution in [0.5, 0.6) is 5.75 Å². The lowest BCUT2D eigenvalue weighted by molar-refractivity contribution is -0.118. The molecule has 4 rings (SSSR count). The first-order valence-electron chi connectivity index (χ1n) is 9.02. The summed E-state index contributed by atoms with van der Waals surface area (Å²) in [6, 6.07) is 7.72. The average Bonchev–Trinajstić information content (AvgIpc) is 3.10. The van der Waals surface area contributed by atoms with Crippen LogP contribution in [0.4, 0.5) is 0 Å². The van der Waals surface area contributed by atoms with Gasteiger partial charge in [0, 0.05) is 16.8 Å². The predicted molar refractivity (Wildman–Crippen MR) is 110 cm³/mol. The predicted octanol–water partition coefficient (Wildman–Crippen LogP) is 3.99. The summed E-state index contributed by atoms with van der Waals surface area (Å²) < 4.78 is 5.22. The van der Waals surface area contributed by atoms with E-state index in [-0.39, 0.29) is 5.91 Å². The van der Waals surface area contributed by atoms with E-state index in [0.29, 0.717) is 12.3 Å². The molecule has 0 unspecified atom stereocenters. The van der Waals surface area contributed by atoms with Crippen LogP contribution < -0.4 is 10.1 Å². The SMILES string of the molecule is COc1cccc(CNC(=O)CSc2ncnc3sc4c(c23)CCCC4)c1. The van der Waals surface area contributed by atoms with E-state index in [2.05, 4.69) is 15.3 Å². The van der Waals surface area contributed by atoms with Gasteiger partial charge in [0.25, 0.3) is 0 Å². The van der Waals surface area contributed by atoms with Gasteiger partial charge in [0.15, 0.2) is 0 Å². The third-order valence-electron chi connectivity index (χ3n) is 4.68. The zero-order valence-corrected chi connectivity index (χ0v) is 16.8. The lowest BCUT2D eigenvalue weighted by atomic mass is 9.97. The number of thioether (sulfide) groups is 1. The Hall–Kier alpha value is -2.12. The summed E-state index contributed by atoms with van der Waals surface area (Å²) in [6.45, 7) is 0.490. The van der Waals surface area contributed by atoms with Crippen LogP contribution in [0, 0.1) is 0 Å². The molecule has 3 aromatic rings. The van der Waals surface area contributed by atoms with Gasteiger partial charge in [-0.1, -0.05) is 23.9 Å². The molecule has 2 heterocycles. The Kier molecular flexibility index (Phi) is 5.59. The van der Waals surface area contributed by atoms with Crippen LogP contribution in [0.2, 0.25) is 0 Å². The zero-order valence-electron chi connectivity index (χ0n) is 15.2. The van der Waals surface area contributed by atoms with Crippen LogP contribution in [0.3, 0.4) is 0 Å². The number of amides is 1. The summed E-state index contributed by atoms with van der Waals surface area (Å²) in [5, 5.41) is 5.06. The van der Waals surface area contributed by atoms with Crippen molar-refractivity contribution in [3.05, 3.63) is 46.6 Å². The fourth-order valence-corrected chi connectivity index (χ4v) is 5.49. The van der Waals surface area contributed by atoms with Crippen LogP contribution in [-0.2, 0) is 24.2 Å². The van der Waals surface area contributed by atoms with Gasteiger partial charge in [0.05, 0.1) is 12.9 Å². The van der Waals surface area contributed by atoms with Gasteiger partial charge >= 0.3 is 0 Å². The number of hydrogen-bond donors (Lipinski definition) is 1. The molecule has 0 saturated carbocycles. The Morgan fingerprint density at radius 1 is 1.30 bits per heavy atom. The molecule has 0 bridgehead atoms. The number of ether oxygens (including phenoxy) is 1. The summed E-state index contributed by atoms with van der Waals surface area (Å²) in [5.41, 5.74) is 2.42. The third kappa shape index (κ3) is 4.09. The second kappa shape index (κ2) is 8.27. The molecule has 0 aliphatic heterocycles. The minimum Gasteiger partial charge on any atom is -0.497 e. The fourth-order valence-electron chi connectivity index (χ4n) is 3.34. The summed E-state index contributed by atoms with van der Waals surface area (Å²) in [7, 11) is 1.64. The maximum Gasteiger partial charge on any atom is 0.230 e. The average molecular weight is 400 g/mol. The van der Waals surface area contributed by atoms with Gasteiger partial charge in [-0.15, -0.1) is 11.3 Å². The van der Waals surface area contributed by atoms with Crippen LogP contribution >= 0.6 is 23.1 Å². The fraction of sp³-hybridized carbons (Fsp3) is 0.350.